The van der Waals surface area contributed by atoms with E-state index >= 15 is 0 Å². The van der Waals surface area contributed by atoms with E-state index in [1.165, 1.54) is 4.90 Å². The minimum Gasteiger partial charge on any atom is -0.414 e. The van der Waals surface area contributed by atoms with Crippen LogP contribution in [0.4, 0.5) is 5.95 Å². The summed E-state index contributed by atoms with van der Waals surface area (Å²) >= 11 is 1.79. The largest absolute Gasteiger partial charge is 0.414 e. The molecule has 1 aromatic carbocycles. The normalized spacial score (nSPS) is 21.5. The van der Waals surface area contributed by atoms with E-state index in [4.69, 9.17) is 33.7 Å². The van der Waals surface area contributed by atoms with E-state index in [9.17, 15) is 0 Å². The molecule has 9 nitrogen and oxygen atoms in total. The molecule has 1 aliphatic rings. The number of thioether (sulfide) groups is 1. The number of anilines is 1. The molecule has 1 saturated heterocycles. The topological polar surface area (TPSA) is 107 Å². The van der Waals surface area contributed by atoms with E-state index in [-0.39, 0.29) is 33.3 Å². The van der Waals surface area contributed by atoms with Gasteiger partial charge in [-0.05, 0) is 66.5 Å². The van der Waals surface area contributed by atoms with Crippen LogP contribution in [-0.4, -0.2) is 75.1 Å². The van der Waals surface area contributed by atoms with E-state index in [0.29, 0.717) is 18.7 Å². The van der Waals surface area contributed by atoms with Crippen LogP contribution in [0.15, 0.2) is 41.6 Å². The molecule has 0 radical (unpaired) electrons. The van der Waals surface area contributed by atoms with E-state index in [0.717, 1.165) is 17.0 Å². The lowest BCUT2D eigenvalue weighted by atomic mass is 10.1. The Morgan fingerprint density at radius 3 is 1.90 bits per heavy atom. The summed E-state index contributed by atoms with van der Waals surface area (Å²) in [6.45, 7) is 34.6. The van der Waals surface area contributed by atoms with Crippen LogP contribution in [0.5, 0.6) is 0 Å². The fourth-order valence-corrected chi connectivity index (χ4v) is 9.51. The number of ether oxygens (including phenoxy) is 1. The Morgan fingerprint density at radius 1 is 0.796 bits per heavy atom. The lowest BCUT2D eigenvalue weighted by Crippen LogP contribution is -2.54. The van der Waals surface area contributed by atoms with Crippen molar-refractivity contribution in [2.75, 3.05) is 18.1 Å². The van der Waals surface area contributed by atoms with Gasteiger partial charge in [0.15, 0.2) is 36.8 Å². The van der Waals surface area contributed by atoms with Crippen molar-refractivity contribution in [3.63, 3.8) is 0 Å². The monoisotopic (exact) mass is 745 g/mol. The zero-order valence-corrected chi connectivity index (χ0v) is 36.6. The summed E-state index contributed by atoms with van der Waals surface area (Å²) in [4.78, 5) is 15.5. The highest BCUT2D eigenvalue weighted by atomic mass is 32.2. The highest BCUT2D eigenvalue weighted by Gasteiger charge is 2.55. The number of fused-ring (bicyclic) bond motifs is 1. The smallest absolute Gasteiger partial charge is 0.222 e. The molecule has 0 spiro atoms. The third-order valence-electron chi connectivity index (χ3n) is 11.3. The Bertz CT molecular complexity index is 1560. The fourth-order valence-electron chi connectivity index (χ4n) is 5.01. The van der Waals surface area contributed by atoms with Crippen molar-refractivity contribution in [1.29, 1.82) is 0 Å². The minimum atomic E-state index is -2.32. The van der Waals surface area contributed by atoms with Gasteiger partial charge in [-0.1, -0.05) is 80.5 Å². The first-order valence-corrected chi connectivity index (χ1v) is 27.4. The van der Waals surface area contributed by atoms with E-state index in [1.54, 1.807) is 11.8 Å². The molecule has 4 rings (SSSR count). The van der Waals surface area contributed by atoms with E-state index < -0.39 is 37.3 Å². The van der Waals surface area contributed by atoms with Gasteiger partial charge in [0.1, 0.15) is 23.8 Å². The number of aryl methyl sites for hydroxylation is 1. The second kappa shape index (κ2) is 14.4. The van der Waals surface area contributed by atoms with Crippen LogP contribution in [0.3, 0.4) is 0 Å². The Balaban J connectivity index is 1.79. The standard InChI is InChI=1S/C36H63N5O4SSi3/c1-34(2,3)47(10,11)42-23-27-29(44-48(12,13)35(4,5)6)30(45-49(14,15)36(7,8)9)32(43-27)41-24-38-28-26(39-33(37)40-31(28)41)21-22-46-25-19-17-16-18-20-25/h16-20,24,27,29-30,32H,21-23H2,1-15H3,(H2,37,39,40)/t27-,29-,30-,32?/m1/s1. The van der Waals surface area contributed by atoms with Gasteiger partial charge in [-0.25, -0.2) is 9.97 Å². The van der Waals surface area contributed by atoms with Crippen LogP contribution in [-0.2, 0) is 24.4 Å². The fraction of sp³-hybridized carbons (Fsp3) is 0.694. The van der Waals surface area contributed by atoms with Crippen LogP contribution in [0.25, 0.3) is 11.2 Å². The summed E-state index contributed by atoms with van der Waals surface area (Å²) in [7, 11) is -6.69. The van der Waals surface area contributed by atoms with Crippen molar-refractivity contribution >= 4 is 53.8 Å². The minimum absolute atomic E-state index is 0.00646. The van der Waals surface area contributed by atoms with Crippen LogP contribution in [0.1, 0.15) is 74.2 Å². The number of benzene rings is 1. The van der Waals surface area contributed by atoms with Crippen LogP contribution >= 0.6 is 11.8 Å². The van der Waals surface area contributed by atoms with Crippen molar-refractivity contribution < 1.29 is 18.0 Å². The number of rotatable bonds is 12. The molecule has 2 N–H and O–H groups in total. The highest BCUT2D eigenvalue weighted by molar-refractivity contribution is 7.99. The van der Waals surface area contributed by atoms with Gasteiger partial charge in [0, 0.05) is 17.1 Å². The predicted octanol–water partition coefficient (Wildman–Crippen LogP) is 9.44. The molecule has 49 heavy (non-hydrogen) atoms. The molecule has 274 valence electrons. The molecule has 13 heteroatoms. The van der Waals surface area contributed by atoms with Crippen molar-refractivity contribution in [1.82, 2.24) is 19.5 Å². The van der Waals surface area contributed by atoms with Gasteiger partial charge in [0.05, 0.1) is 18.6 Å². The van der Waals surface area contributed by atoms with Gasteiger partial charge in [0.2, 0.25) is 5.95 Å². The summed E-state index contributed by atoms with van der Waals surface area (Å²) in [6, 6.07) is 10.4. The Kier molecular flexibility index (Phi) is 11.8. The molecule has 0 aliphatic carbocycles. The van der Waals surface area contributed by atoms with Gasteiger partial charge in [0.25, 0.3) is 0 Å². The summed E-state index contributed by atoms with van der Waals surface area (Å²) < 4.78 is 30.7. The second-order valence-corrected chi connectivity index (χ2v) is 33.6. The van der Waals surface area contributed by atoms with Gasteiger partial charge in [-0.3, -0.25) is 4.57 Å². The molecule has 1 fully saturated rings. The maximum absolute atomic E-state index is 7.36. The first-order valence-electron chi connectivity index (χ1n) is 17.7. The van der Waals surface area contributed by atoms with Crippen LogP contribution in [0.2, 0.25) is 54.4 Å². The van der Waals surface area contributed by atoms with E-state index in [2.05, 4.69) is 131 Å². The molecule has 0 bridgehead atoms. The molecule has 4 atom stereocenters. The van der Waals surface area contributed by atoms with Crippen molar-refractivity contribution in [3.05, 3.63) is 42.4 Å². The number of nitrogens with zero attached hydrogens (tertiary/aromatic N) is 4. The molecule has 0 saturated carbocycles. The quantitative estimate of drug-likeness (QED) is 0.143. The van der Waals surface area contributed by atoms with Gasteiger partial charge < -0.3 is 23.7 Å². The number of hydrogen-bond acceptors (Lipinski definition) is 9. The van der Waals surface area contributed by atoms with Crippen molar-refractivity contribution in [3.8, 4) is 0 Å². The average Bonchev–Trinajstić information content (AvgIpc) is 3.51. The van der Waals surface area contributed by atoms with Gasteiger partial charge in [-0.15, -0.1) is 11.8 Å². The summed E-state index contributed by atoms with van der Waals surface area (Å²) in [6.07, 6.45) is 0.885. The number of imidazole rings is 1. The number of nitrogens with two attached hydrogens (primary N) is 1. The van der Waals surface area contributed by atoms with Gasteiger partial charge in [-0.2, -0.15) is 4.98 Å². The van der Waals surface area contributed by atoms with Crippen LogP contribution in [0, 0.1) is 0 Å². The lowest BCUT2D eigenvalue weighted by Gasteiger charge is -2.44. The zero-order valence-electron chi connectivity index (χ0n) is 32.8. The molecular formula is C36H63N5O4SSi3. The molecule has 1 aliphatic heterocycles. The molecule has 3 heterocycles. The molecular weight excluding hydrogens is 683 g/mol. The predicted molar refractivity (Wildman–Crippen MR) is 212 cm³/mol. The summed E-state index contributed by atoms with van der Waals surface area (Å²) in [5, 5.41) is 0.0253. The van der Waals surface area contributed by atoms with Crippen molar-refractivity contribution in [2.24, 2.45) is 0 Å². The van der Waals surface area contributed by atoms with E-state index in [1.807, 2.05) is 17.0 Å². The van der Waals surface area contributed by atoms with Crippen molar-refractivity contribution in [2.45, 2.75) is 153 Å². The molecule has 2 aromatic heterocycles. The molecule has 3 aromatic rings. The maximum Gasteiger partial charge on any atom is 0.222 e. The Morgan fingerprint density at radius 2 is 1.35 bits per heavy atom. The summed E-state index contributed by atoms with van der Waals surface area (Å²) in [5.41, 5.74) is 8.60. The second-order valence-electron chi connectivity index (χ2n) is 18.1. The zero-order chi connectivity index (χ0) is 36.8. The third kappa shape index (κ3) is 9.08. The number of nitrogen functional groups attached to an aromatic ring is 1. The molecule has 1 unspecified atom stereocenters. The third-order valence-corrected chi connectivity index (χ3v) is 25.8. The summed E-state index contributed by atoms with van der Waals surface area (Å²) in [5.74, 6) is 1.06. The highest BCUT2D eigenvalue weighted by Crippen LogP contribution is 2.47. The number of aromatic nitrogens is 4. The maximum atomic E-state index is 7.36. The first-order chi connectivity index (χ1) is 22.3. The van der Waals surface area contributed by atoms with Gasteiger partial charge >= 0.3 is 0 Å². The number of hydrogen-bond donors (Lipinski definition) is 1. The Hall–Kier alpha value is -1.59. The van der Waals surface area contributed by atoms with Crippen LogP contribution < -0.4 is 5.73 Å². The lowest BCUT2D eigenvalue weighted by molar-refractivity contribution is -0.0470. The first kappa shape index (κ1) is 40.2. The average molecular weight is 746 g/mol. The Labute approximate surface area is 303 Å². The SMILES string of the molecule is CC(C)(C)[Si](C)(C)OC[C@H]1OC(n2cnc3c(CCSc4ccccc4)nc(N)nc32)[C@H](O[Si](C)(C)C(C)(C)C)[C@@H]1O[Si](C)(C)C(C)(C)C. The molecule has 0 amide bonds.